The lowest BCUT2D eigenvalue weighted by atomic mass is 9.97. The number of aliphatic imine (C=N–C) groups is 1. The van der Waals surface area contributed by atoms with Gasteiger partial charge >= 0.3 is 0 Å². The van der Waals surface area contributed by atoms with Crippen LogP contribution in [-0.2, 0) is 0 Å². The summed E-state index contributed by atoms with van der Waals surface area (Å²) in [6.45, 7) is 1.53. The number of benzodiazepines with no additional fused rings is 1. The number of benzene rings is 3. The minimum Gasteiger partial charge on any atom is -0.382 e. The van der Waals surface area contributed by atoms with Gasteiger partial charge in [0.2, 0.25) is 0 Å². The third kappa shape index (κ3) is 3.92. The van der Waals surface area contributed by atoms with E-state index in [1.54, 1.807) is 0 Å². The number of nitrogens with zero attached hydrogens (tertiary/aromatic N) is 1. The molecule has 0 radical (unpaired) electrons. The van der Waals surface area contributed by atoms with Crippen molar-refractivity contribution >= 4 is 40.7 Å². The lowest BCUT2D eigenvalue weighted by molar-refractivity contribution is 1.04. The highest BCUT2D eigenvalue weighted by atomic mass is 35.5. The van der Waals surface area contributed by atoms with Crippen LogP contribution in [0.5, 0.6) is 0 Å². The summed E-state index contributed by atoms with van der Waals surface area (Å²) < 4.78 is 0. The van der Waals surface area contributed by atoms with Crippen molar-refractivity contribution in [1.82, 2.24) is 0 Å². The van der Waals surface area contributed by atoms with Gasteiger partial charge in [0.25, 0.3) is 0 Å². The van der Waals surface area contributed by atoms with E-state index in [0.717, 1.165) is 35.6 Å². The second-order valence-corrected chi connectivity index (χ2v) is 7.11. The molecule has 1 aliphatic heterocycles. The number of rotatable bonds is 3. The summed E-state index contributed by atoms with van der Waals surface area (Å²) in [6, 6.07) is 22.4. The topological polar surface area (TPSA) is 24.4 Å². The number of allylic oxidation sites excluding steroid dienone is 1. The summed E-state index contributed by atoms with van der Waals surface area (Å²) in [5.41, 5.74) is 6.55. The SMILES string of the molecule is Clc1ccc(C=CC2=NCCNc3c2cccc3-c2ccccc2)cc1Cl. The number of anilines is 1. The fourth-order valence-corrected chi connectivity index (χ4v) is 3.50. The molecule has 0 aromatic heterocycles. The molecule has 0 unspecified atom stereocenters. The Balaban J connectivity index is 1.73. The molecule has 134 valence electrons. The molecule has 0 spiro atoms. The van der Waals surface area contributed by atoms with Gasteiger partial charge in [0.1, 0.15) is 0 Å². The van der Waals surface area contributed by atoms with Crippen molar-refractivity contribution in [2.45, 2.75) is 0 Å². The van der Waals surface area contributed by atoms with Crippen LogP contribution in [0.3, 0.4) is 0 Å². The summed E-state index contributed by atoms with van der Waals surface area (Å²) >= 11 is 12.1. The molecular weight excluding hydrogens is 375 g/mol. The Bertz CT molecular complexity index is 1020. The first-order chi connectivity index (χ1) is 13.2. The number of fused-ring (bicyclic) bond motifs is 1. The number of hydrogen-bond acceptors (Lipinski definition) is 2. The normalized spacial score (nSPS) is 13.6. The average molecular weight is 393 g/mol. The fourth-order valence-electron chi connectivity index (χ4n) is 3.19. The van der Waals surface area contributed by atoms with Crippen LogP contribution in [0.2, 0.25) is 10.0 Å². The first-order valence-electron chi connectivity index (χ1n) is 8.82. The Morgan fingerprint density at radius 2 is 1.63 bits per heavy atom. The molecule has 0 saturated carbocycles. The summed E-state index contributed by atoms with van der Waals surface area (Å²) in [5.74, 6) is 0. The first-order valence-corrected chi connectivity index (χ1v) is 9.58. The van der Waals surface area contributed by atoms with E-state index < -0.39 is 0 Å². The van der Waals surface area contributed by atoms with E-state index in [-0.39, 0.29) is 0 Å². The van der Waals surface area contributed by atoms with E-state index >= 15 is 0 Å². The molecule has 2 nitrogen and oxygen atoms in total. The van der Waals surface area contributed by atoms with E-state index in [4.69, 9.17) is 28.2 Å². The van der Waals surface area contributed by atoms with Gasteiger partial charge in [0.05, 0.1) is 28.0 Å². The minimum atomic E-state index is 0.551. The average Bonchev–Trinajstić information content (AvgIpc) is 2.92. The summed E-state index contributed by atoms with van der Waals surface area (Å²) in [7, 11) is 0. The third-order valence-electron chi connectivity index (χ3n) is 4.50. The van der Waals surface area contributed by atoms with Gasteiger partial charge in [-0.3, -0.25) is 4.99 Å². The lowest BCUT2D eigenvalue weighted by Gasteiger charge is -2.14. The Kier molecular flexibility index (Phi) is 5.28. The van der Waals surface area contributed by atoms with Crippen LogP contribution in [0.15, 0.2) is 77.8 Å². The highest BCUT2D eigenvalue weighted by Crippen LogP contribution is 2.32. The molecular formula is C23H18Cl2N2. The molecule has 1 aliphatic rings. The lowest BCUT2D eigenvalue weighted by Crippen LogP contribution is -2.05. The fraction of sp³-hybridized carbons (Fsp3) is 0.0870. The van der Waals surface area contributed by atoms with Crippen molar-refractivity contribution in [3.05, 3.63) is 94.0 Å². The molecule has 1 heterocycles. The Hall–Kier alpha value is -2.55. The van der Waals surface area contributed by atoms with Crippen molar-refractivity contribution in [3.63, 3.8) is 0 Å². The van der Waals surface area contributed by atoms with Gasteiger partial charge in [-0.1, -0.05) is 83.9 Å². The first kappa shape index (κ1) is 17.8. The Morgan fingerprint density at radius 3 is 2.44 bits per heavy atom. The van der Waals surface area contributed by atoms with E-state index in [1.807, 2.05) is 36.4 Å². The van der Waals surface area contributed by atoms with Gasteiger partial charge in [0.15, 0.2) is 0 Å². The van der Waals surface area contributed by atoms with E-state index in [2.05, 4.69) is 47.8 Å². The number of halogens is 2. The monoisotopic (exact) mass is 392 g/mol. The van der Waals surface area contributed by atoms with Crippen molar-refractivity contribution < 1.29 is 0 Å². The number of para-hydroxylation sites is 1. The van der Waals surface area contributed by atoms with Crippen LogP contribution in [0, 0.1) is 0 Å². The Labute approximate surface area is 169 Å². The van der Waals surface area contributed by atoms with E-state index in [0.29, 0.717) is 10.0 Å². The van der Waals surface area contributed by atoms with Crippen LogP contribution in [0.25, 0.3) is 17.2 Å². The molecule has 4 heteroatoms. The van der Waals surface area contributed by atoms with Crippen molar-refractivity contribution in [2.24, 2.45) is 4.99 Å². The summed E-state index contributed by atoms with van der Waals surface area (Å²) in [6.07, 6.45) is 4.06. The maximum Gasteiger partial charge on any atom is 0.0668 e. The molecule has 0 aliphatic carbocycles. The summed E-state index contributed by atoms with van der Waals surface area (Å²) in [4.78, 5) is 4.76. The van der Waals surface area contributed by atoms with E-state index in [1.165, 1.54) is 11.1 Å². The van der Waals surface area contributed by atoms with Gasteiger partial charge in [-0.05, 0) is 29.3 Å². The van der Waals surface area contributed by atoms with Gasteiger partial charge in [-0.2, -0.15) is 0 Å². The molecule has 0 fully saturated rings. The molecule has 0 amide bonds. The van der Waals surface area contributed by atoms with Gasteiger partial charge in [-0.15, -0.1) is 0 Å². The quantitative estimate of drug-likeness (QED) is 0.533. The zero-order valence-electron chi connectivity index (χ0n) is 14.6. The molecule has 3 aromatic rings. The maximum absolute atomic E-state index is 6.13. The van der Waals surface area contributed by atoms with Gasteiger partial charge < -0.3 is 5.32 Å². The van der Waals surface area contributed by atoms with Crippen LogP contribution in [0.1, 0.15) is 11.1 Å². The number of hydrogen-bond donors (Lipinski definition) is 1. The highest BCUT2D eigenvalue weighted by molar-refractivity contribution is 6.42. The second kappa shape index (κ2) is 7.99. The molecule has 0 atom stereocenters. The second-order valence-electron chi connectivity index (χ2n) is 6.29. The molecule has 4 rings (SSSR count). The zero-order chi connectivity index (χ0) is 18.6. The molecule has 0 saturated heterocycles. The van der Waals surface area contributed by atoms with Crippen LogP contribution >= 0.6 is 23.2 Å². The molecule has 3 aromatic carbocycles. The van der Waals surface area contributed by atoms with Crippen molar-refractivity contribution in [2.75, 3.05) is 18.4 Å². The molecule has 0 bridgehead atoms. The standard InChI is InChI=1S/C23H18Cl2N2/c24-20-11-9-16(15-21(20)25)10-12-22-19-8-4-7-18(17-5-2-1-3-6-17)23(19)27-14-13-26-22/h1-12,15,27H,13-14H2. The maximum atomic E-state index is 6.13. The smallest absolute Gasteiger partial charge is 0.0668 e. The highest BCUT2D eigenvalue weighted by Gasteiger charge is 2.15. The Morgan fingerprint density at radius 1 is 0.815 bits per heavy atom. The van der Waals surface area contributed by atoms with Crippen LogP contribution in [0.4, 0.5) is 5.69 Å². The minimum absolute atomic E-state index is 0.551. The largest absolute Gasteiger partial charge is 0.382 e. The summed E-state index contributed by atoms with van der Waals surface area (Å²) in [5, 5.41) is 4.66. The predicted octanol–water partition coefficient (Wildman–Crippen LogP) is 6.59. The van der Waals surface area contributed by atoms with Crippen LogP contribution in [-0.4, -0.2) is 18.8 Å². The van der Waals surface area contributed by atoms with E-state index in [9.17, 15) is 0 Å². The predicted molar refractivity (Wildman–Crippen MR) is 117 cm³/mol. The van der Waals surface area contributed by atoms with Gasteiger partial charge in [-0.25, -0.2) is 0 Å². The van der Waals surface area contributed by atoms with Crippen LogP contribution < -0.4 is 5.32 Å². The third-order valence-corrected chi connectivity index (χ3v) is 5.24. The zero-order valence-corrected chi connectivity index (χ0v) is 16.1. The van der Waals surface area contributed by atoms with Crippen molar-refractivity contribution in [1.29, 1.82) is 0 Å². The van der Waals surface area contributed by atoms with Crippen molar-refractivity contribution in [3.8, 4) is 11.1 Å². The van der Waals surface area contributed by atoms with Gasteiger partial charge in [0, 0.05) is 17.7 Å². The molecule has 27 heavy (non-hydrogen) atoms. The number of nitrogens with one attached hydrogen (secondary N) is 1. The molecule has 1 N–H and O–H groups in total.